The summed E-state index contributed by atoms with van der Waals surface area (Å²) in [5, 5.41) is 26.5. The van der Waals surface area contributed by atoms with Gasteiger partial charge in [-0.2, -0.15) is 28.8 Å². The number of carbonyl (C=O) groups excluding carboxylic acids is 2. The Labute approximate surface area is 231 Å². The number of carbonyl (C=O) groups is 2. The molecule has 210 valence electrons. The molecular formula is C26H23F3N10O2. The minimum Gasteiger partial charge on any atom is -0.404 e. The van der Waals surface area contributed by atoms with Crippen molar-refractivity contribution in [3.05, 3.63) is 54.5 Å². The molecule has 0 spiro atoms. The summed E-state index contributed by atoms with van der Waals surface area (Å²) in [5.41, 5.74) is 8.02. The maximum absolute atomic E-state index is 12.4. The third-order valence-corrected chi connectivity index (χ3v) is 6.18. The molecule has 0 aliphatic carbocycles. The molecule has 1 aliphatic heterocycles. The third kappa shape index (κ3) is 6.77. The number of nitriles is 2. The SMILES string of the molecule is N#CCC(=O)N1CC(CC#N)(N=C/C(=C\N)c2cnn3c(-c4cccc(NC(=O)NCC(F)(F)F)c4)cnc3c2)C1. The van der Waals surface area contributed by atoms with Crippen LogP contribution in [0.15, 0.2) is 53.9 Å². The first-order valence-electron chi connectivity index (χ1n) is 12.1. The summed E-state index contributed by atoms with van der Waals surface area (Å²) in [7, 11) is 0. The van der Waals surface area contributed by atoms with E-state index in [2.05, 4.69) is 26.5 Å². The van der Waals surface area contributed by atoms with E-state index in [9.17, 15) is 28.0 Å². The van der Waals surface area contributed by atoms with E-state index in [1.165, 1.54) is 29.6 Å². The Morgan fingerprint density at radius 2 is 1.98 bits per heavy atom. The average Bonchev–Trinajstić information content (AvgIpc) is 3.34. The number of nitrogens with zero attached hydrogens (tertiary/aromatic N) is 7. The summed E-state index contributed by atoms with van der Waals surface area (Å²) in [6, 6.07) is 11.1. The predicted octanol–water partition coefficient (Wildman–Crippen LogP) is 2.86. The lowest BCUT2D eigenvalue weighted by Crippen LogP contribution is -2.62. The number of fused-ring (bicyclic) bond motifs is 1. The molecule has 2 aromatic heterocycles. The Kier molecular flexibility index (Phi) is 8.19. The molecule has 41 heavy (non-hydrogen) atoms. The molecule has 3 heterocycles. The summed E-state index contributed by atoms with van der Waals surface area (Å²) in [6.07, 6.45) is 1.25. The number of likely N-dealkylation sites (tertiary alicyclic amines) is 1. The second-order valence-corrected chi connectivity index (χ2v) is 9.19. The molecule has 0 saturated carbocycles. The zero-order valence-corrected chi connectivity index (χ0v) is 21.4. The Morgan fingerprint density at radius 3 is 2.66 bits per heavy atom. The van der Waals surface area contributed by atoms with Crippen LogP contribution in [0.2, 0.25) is 0 Å². The van der Waals surface area contributed by atoms with Gasteiger partial charge in [0.25, 0.3) is 0 Å². The lowest BCUT2D eigenvalue weighted by Gasteiger charge is -2.46. The van der Waals surface area contributed by atoms with Gasteiger partial charge in [0.2, 0.25) is 5.91 Å². The van der Waals surface area contributed by atoms with E-state index in [1.807, 2.05) is 6.07 Å². The highest BCUT2D eigenvalue weighted by atomic mass is 19.4. The van der Waals surface area contributed by atoms with E-state index in [4.69, 9.17) is 11.0 Å². The second kappa shape index (κ2) is 11.7. The number of nitrogens with one attached hydrogen (secondary N) is 2. The maximum Gasteiger partial charge on any atom is 0.405 e. The minimum atomic E-state index is -4.53. The smallest absolute Gasteiger partial charge is 0.404 e. The molecule has 0 bridgehead atoms. The molecular weight excluding hydrogens is 541 g/mol. The van der Waals surface area contributed by atoms with Gasteiger partial charge in [0, 0.05) is 47.9 Å². The van der Waals surface area contributed by atoms with Crippen molar-refractivity contribution >= 4 is 35.1 Å². The van der Waals surface area contributed by atoms with Gasteiger partial charge in [-0.1, -0.05) is 12.1 Å². The van der Waals surface area contributed by atoms with Crippen LogP contribution in [0.25, 0.3) is 22.5 Å². The van der Waals surface area contributed by atoms with Crippen molar-refractivity contribution < 1.29 is 22.8 Å². The topological polar surface area (TPSA) is 178 Å². The molecule has 1 aromatic carbocycles. The van der Waals surface area contributed by atoms with E-state index in [0.29, 0.717) is 28.0 Å². The molecule has 3 aromatic rings. The van der Waals surface area contributed by atoms with Crippen molar-refractivity contribution in [3.63, 3.8) is 0 Å². The quantitative estimate of drug-likeness (QED) is 0.352. The van der Waals surface area contributed by atoms with Crippen molar-refractivity contribution in [2.45, 2.75) is 24.6 Å². The van der Waals surface area contributed by atoms with E-state index in [0.717, 1.165) is 0 Å². The number of nitrogens with two attached hydrogens (primary N) is 1. The van der Waals surface area contributed by atoms with Gasteiger partial charge in [-0.05, 0) is 18.2 Å². The lowest BCUT2D eigenvalue weighted by molar-refractivity contribution is -0.137. The zero-order valence-electron chi connectivity index (χ0n) is 21.4. The number of amides is 3. The Bertz CT molecular complexity index is 1610. The summed E-state index contributed by atoms with van der Waals surface area (Å²) < 4.78 is 38.6. The Balaban J connectivity index is 1.50. The van der Waals surface area contributed by atoms with E-state index in [-0.39, 0.29) is 37.5 Å². The molecule has 0 unspecified atom stereocenters. The lowest BCUT2D eigenvalue weighted by atomic mass is 9.87. The molecule has 4 rings (SSSR count). The van der Waals surface area contributed by atoms with Gasteiger partial charge in [0.15, 0.2) is 5.65 Å². The highest BCUT2D eigenvalue weighted by Gasteiger charge is 2.44. The minimum absolute atomic E-state index is 0.0799. The fourth-order valence-electron chi connectivity index (χ4n) is 4.17. The molecule has 0 atom stereocenters. The van der Waals surface area contributed by atoms with Crippen molar-refractivity contribution in [1.82, 2.24) is 24.8 Å². The second-order valence-electron chi connectivity index (χ2n) is 9.19. The number of allylic oxidation sites excluding steroid dienone is 1. The van der Waals surface area contributed by atoms with Gasteiger partial charge in [-0.3, -0.25) is 9.79 Å². The number of rotatable bonds is 8. The molecule has 4 N–H and O–H groups in total. The number of alkyl halides is 3. The summed E-state index contributed by atoms with van der Waals surface area (Å²) >= 11 is 0. The molecule has 1 aliphatic rings. The first-order valence-corrected chi connectivity index (χ1v) is 12.1. The number of halogens is 3. The number of urea groups is 1. The Morgan fingerprint density at radius 1 is 1.20 bits per heavy atom. The van der Waals surface area contributed by atoms with E-state index in [1.54, 1.807) is 40.3 Å². The van der Waals surface area contributed by atoms with Gasteiger partial charge in [-0.15, -0.1) is 0 Å². The average molecular weight is 565 g/mol. The van der Waals surface area contributed by atoms with Crippen LogP contribution in [0, 0.1) is 22.7 Å². The summed E-state index contributed by atoms with van der Waals surface area (Å²) in [6.45, 7) is -1.02. The first-order chi connectivity index (χ1) is 19.6. The molecule has 3 amide bonds. The van der Waals surface area contributed by atoms with Gasteiger partial charge < -0.3 is 21.3 Å². The highest BCUT2D eigenvalue weighted by Crippen LogP contribution is 2.30. The van der Waals surface area contributed by atoms with Crippen molar-refractivity contribution in [2.75, 3.05) is 25.0 Å². The predicted molar refractivity (Wildman–Crippen MR) is 142 cm³/mol. The fraction of sp³-hybridized carbons (Fsp3) is 0.269. The van der Waals surface area contributed by atoms with E-state index >= 15 is 0 Å². The fourth-order valence-corrected chi connectivity index (χ4v) is 4.17. The molecule has 1 saturated heterocycles. The zero-order chi connectivity index (χ0) is 29.6. The van der Waals surface area contributed by atoms with Crippen LogP contribution in [0.3, 0.4) is 0 Å². The third-order valence-electron chi connectivity index (χ3n) is 6.18. The molecule has 15 heteroatoms. The molecule has 1 fully saturated rings. The van der Waals surface area contributed by atoms with Gasteiger partial charge in [-0.25, -0.2) is 14.3 Å². The van der Waals surface area contributed by atoms with E-state index < -0.39 is 24.3 Å². The number of anilines is 1. The van der Waals surface area contributed by atoms with Crippen molar-refractivity contribution in [1.29, 1.82) is 10.5 Å². The van der Waals surface area contributed by atoms with Crippen LogP contribution in [-0.2, 0) is 4.79 Å². The van der Waals surface area contributed by atoms with Crippen LogP contribution in [0.4, 0.5) is 23.7 Å². The summed E-state index contributed by atoms with van der Waals surface area (Å²) in [4.78, 5) is 34.2. The molecule has 12 nitrogen and oxygen atoms in total. The number of imidazole rings is 1. The Hall–Kier alpha value is -5.44. The van der Waals surface area contributed by atoms with Gasteiger partial charge >= 0.3 is 12.2 Å². The van der Waals surface area contributed by atoms with Crippen molar-refractivity contribution in [2.24, 2.45) is 10.7 Å². The number of aromatic nitrogens is 3. The first kappa shape index (κ1) is 28.6. The number of aliphatic imine (C=N–C) groups is 1. The van der Waals surface area contributed by atoms with Gasteiger partial charge in [0.1, 0.15) is 18.5 Å². The highest BCUT2D eigenvalue weighted by molar-refractivity contribution is 6.10. The van der Waals surface area contributed by atoms with Crippen molar-refractivity contribution in [3.8, 4) is 23.4 Å². The van der Waals surface area contributed by atoms with Crippen LogP contribution in [-0.4, -0.2) is 69.0 Å². The largest absolute Gasteiger partial charge is 0.405 e. The van der Waals surface area contributed by atoms with Crippen LogP contribution in [0.5, 0.6) is 0 Å². The normalized spacial score (nSPS) is 14.8. The monoisotopic (exact) mass is 564 g/mol. The molecule has 0 radical (unpaired) electrons. The van der Waals surface area contributed by atoms with Crippen LogP contribution >= 0.6 is 0 Å². The number of hydrogen-bond donors (Lipinski definition) is 3. The number of benzene rings is 1. The number of hydrogen-bond acceptors (Lipinski definition) is 8. The van der Waals surface area contributed by atoms with Crippen LogP contribution in [0.1, 0.15) is 18.4 Å². The standard InChI is InChI=1S/C26H23F3N10O2/c27-26(28,29)14-34-24(41)37-20-3-1-2-17(8-20)21-13-33-22-9-18(12-36-39(21)22)19(10-32)11-35-25(5-7-31)15-38(16-25)23(40)4-6-30/h1-3,8-13H,4-5,14-16,32H2,(H2,34,37,41)/b19-10+,35-11?. The van der Waals surface area contributed by atoms with Gasteiger partial charge in [0.05, 0.1) is 36.6 Å². The maximum atomic E-state index is 12.4. The summed E-state index contributed by atoms with van der Waals surface area (Å²) in [5.74, 6) is -0.318. The van der Waals surface area contributed by atoms with Crippen LogP contribution < -0.4 is 16.4 Å².